The van der Waals surface area contributed by atoms with Crippen molar-refractivity contribution in [3.8, 4) is 0 Å². The molecule has 1 rings (SSSR count). The Kier molecular flexibility index (Phi) is 6.83. The van der Waals surface area contributed by atoms with Crippen LogP contribution in [0.2, 0.25) is 0 Å². The molecule has 0 amide bonds. The third kappa shape index (κ3) is 4.61. The number of hydrogen-bond acceptors (Lipinski definition) is 4. The second-order valence-corrected chi connectivity index (χ2v) is 5.05. The van der Waals surface area contributed by atoms with E-state index in [4.69, 9.17) is 5.41 Å². The van der Waals surface area contributed by atoms with Gasteiger partial charge in [0.2, 0.25) is 5.78 Å². The second-order valence-electron chi connectivity index (χ2n) is 5.05. The van der Waals surface area contributed by atoms with E-state index < -0.39 is 11.8 Å². The van der Waals surface area contributed by atoms with Crippen molar-refractivity contribution in [3.05, 3.63) is 34.9 Å². The van der Waals surface area contributed by atoms with Gasteiger partial charge < -0.3 is 10.1 Å². The average Bonchev–Trinajstić information content (AvgIpc) is 2.46. The lowest BCUT2D eigenvalue weighted by Gasteiger charge is -2.20. The summed E-state index contributed by atoms with van der Waals surface area (Å²) < 4.78 is 4.66. The van der Waals surface area contributed by atoms with E-state index in [9.17, 15) is 9.59 Å². The minimum absolute atomic E-state index is 0.193. The van der Waals surface area contributed by atoms with Crippen LogP contribution in [-0.2, 0) is 10.2 Å². The molecular formula is C16H23NO3. The highest BCUT2D eigenvalue weighted by Crippen LogP contribution is 2.25. The molecule has 0 aromatic heterocycles. The molecule has 0 bridgehead atoms. The molecule has 0 heterocycles. The Bertz CT molecular complexity index is 499. The van der Waals surface area contributed by atoms with Gasteiger partial charge in [-0.05, 0) is 29.2 Å². The van der Waals surface area contributed by atoms with Crippen molar-refractivity contribution >= 4 is 18.0 Å². The van der Waals surface area contributed by atoms with Crippen molar-refractivity contribution < 1.29 is 14.3 Å². The van der Waals surface area contributed by atoms with Crippen LogP contribution >= 0.6 is 0 Å². The zero-order chi connectivity index (χ0) is 15.9. The number of hydrogen-bond donors (Lipinski definition) is 1. The molecule has 1 aromatic rings. The predicted octanol–water partition coefficient (Wildman–Crippen LogP) is 3.63. The number of ketones is 1. The molecule has 0 atom stereocenters. The largest absolute Gasteiger partial charge is 0.465 e. The molecule has 0 aliphatic carbocycles. The number of esters is 1. The zero-order valence-electron chi connectivity index (χ0n) is 13.0. The molecule has 0 saturated heterocycles. The lowest BCUT2D eigenvalue weighted by atomic mass is 9.84. The number of Topliss-reactive ketones (excluding diaryl/α,β-unsaturated/α-hetero) is 1. The lowest BCUT2D eigenvalue weighted by Crippen LogP contribution is -2.15. The highest BCUT2D eigenvalue weighted by Gasteiger charge is 2.19. The van der Waals surface area contributed by atoms with Crippen LogP contribution in [-0.4, -0.2) is 25.1 Å². The van der Waals surface area contributed by atoms with Gasteiger partial charge in [0.1, 0.15) is 0 Å². The predicted molar refractivity (Wildman–Crippen MR) is 80.9 cm³/mol. The molecule has 1 aromatic carbocycles. The molecule has 110 valence electrons. The summed E-state index contributed by atoms with van der Waals surface area (Å²) >= 11 is 0. The van der Waals surface area contributed by atoms with Crippen LogP contribution in [0.3, 0.4) is 0 Å². The number of nitrogens with one attached hydrogen (secondary N) is 1. The Morgan fingerprint density at radius 3 is 2.00 bits per heavy atom. The fraction of sp³-hybridized carbons (Fsp3) is 0.438. The highest BCUT2D eigenvalue weighted by atomic mass is 16.5. The molecule has 0 fully saturated rings. The summed E-state index contributed by atoms with van der Waals surface area (Å²) in [6.07, 6.45) is 0.739. The monoisotopic (exact) mass is 277 g/mol. The van der Waals surface area contributed by atoms with Crippen molar-refractivity contribution in [1.82, 2.24) is 0 Å². The number of ether oxygens (including phenoxy) is 1. The first-order chi connectivity index (χ1) is 9.29. The fourth-order valence-corrected chi connectivity index (χ4v) is 1.52. The molecule has 4 nitrogen and oxygen atoms in total. The molecule has 0 aliphatic heterocycles. The third-order valence-electron chi connectivity index (χ3n) is 2.64. The standard InChI is InChI=1S/C14H17NO3.C2H6/c1-14(2,3)11-6-9(12(16)8-15)5-10(7-11)13(17)18-4;1-2/h5-8,15H,1-4H3;1-2H3. The Balaban J connectivity index is 0.00000172. The van der Waals surface area contributed by atoms with Gasteiger partial charge in [0.15, 0.2) is 0 Å². The van der Waals surface area contributed by atoms with Crippen LogP contribution in [0.4, 0.5) is 0 Å². The molecule has 0 aliphatic rings. The van der Waals surface area contributed by atoms with Crippen LogP contribution < -0.4 is 0 Å². The number of carbonyl (C=O) groups is 2. The summed E-state index contributed by atoms with van der Waals surface area (Å²) in [4.78, 5) is 23.1. The van der Waals surface area contributed by atoms with Crippen LogP contribution in [0, 0.1) is 5.41 Å². The molecule has 20 heavy (non-hydrogen) atoms. The summed E-state index contributed by atoms with van der Waals surface area (Å²) in [6.45, 7) is 9.96. The van der Waals surface area contributed by atoms with E-state index >= 15 is 0 Å². The van der Waals surface area contributed by atoms with Gasteiger partial charge in [-0.2, -0.15) is 0 Å². The maximum absolute atomic E-state index is 11.6. The van der Waals surface area contributed by atoms with Crippen molar-refractivity contribution in [2.45, 2.75) is 40.0 Å². The summed E-state index contributed by atoms with van der Waals surface area (Å²) in [6, 6.07) is 4.88. The van der Waals surface area contributed by atoms with E-state index in [2.05, 4.69) is 4.74 Å². The summed E-state index contributed by atoms with van der Waals surface area (Å²) in [5.74, 6) is -0.911. The number of carbonyl (C=O) groups excluding carboxylic acids is 2. The van der Waals surface area contributed by atoms with Crippen molar-refractivity contribution in [3.63, 3.8) is 0 Å². The average molecular weight is 277 g/mol. The SMILES string of the molecule is CC.COC(=O)c1cc(C(=O)C=N)cc(C(C)(C)C)c1. The molecule has 0 spiro atoms. The minimum atomic E-state index is -0.486. The Morgan fingerprint density at radius 1 is 1.10 bits per heavy atom. The van der Waals surface area contributed by atoms with Crippen molar-refractivity contribution in [2.75, 3.05) is 7.11 Å². The first kappa shape index (κ1) is 18.0. The highest BCUT2D eigenvalue weighted by molar-refractivity contribution is 6.34. The van der Waals surface area contributed by atoms with Crippen LogP contribution in [0.5, 0.6) is 0 Å². The number of rotatable bonds is 3. The van der Waals surface area contributed by atoms with Crippen LogP contribution in [0.1, 0.15) is 60.9 Å². The van der Waals surface area contributed by atoms with Gasteiger partial charge >= 0.3 is 5.97 Å². The van der Waals surface area contributed by atoms with Gasteiger partial charge in [-0.3, -0.25) is 4.79 Å². The van der Waals surface area contributed by atoms with Gasteiger partial charge in [0.25, 0.3) is 0 Å². The Hall–Kier alpha value is -1.97. The lowest BCUT2D eigenvalue weighted by molar-refractivity contribution is 0.0600. The van der Waals surface area contributed by atoms with Gasteiger partial charge in [-0.1, -0.05) is 34.6 Å². The van der Waals surface area contributed by atoms with Gasteiger partial charge in [-0.25, -0.2) is 4.79 Å². The number of methoxy groups -OCH3 is 1. The first-order valence-corrected chi connectivity index (χ1v) is 6.58. The van der Waals surface area contributed by atoms with Crippen molar-refractivity contribution in [1.29, 1.82) is 5.41 Å². The zero-order valence-corrected chi connectivity index (χ0v) is 13.0. The summed E-state index contributed by atoms with van der Waals surface area (Å²) in [5, 5.41) is 7.00. The molecule has 0 unspecified atom stereocenters. The van der Waals surface area contributed by atoms with Crippen molar-refractivity contribution in [2.24, 2.45) is 0 Å². The second kappa shape index (κ2) is 7.58. The van der Waals surface area contributed by atoms with E-state index in [0.717, 1.165) is 11.8 Å². The van der Waals surface area contributed by atoms with Gasteiger partial charge in [-0.15, -0.1) is 0 Å². The normalized spacial score (nSPS) is 10.1. The smallest absolute Gasteiger partial charge is 0.337 e. The maximum atomic E-state index is 11.6. The third-order valence-corrected chi connectivity index (χ3v) is 2.64. The van der Waals surface area contributed by atoms with E-state index in [1.807, 2.05) is 34.6 Å². The van der Waals surface area contributed by atoms with E-state index in [1.165, 1.54) is 13.2 Å². The van der Waals surface area contributed by atoms with Gasteiger partial charge in [0.05, 0.1) is 18.9 Å². The molecular weight excluding hydrogens is 254 g/mol. The Labute approximate surface area is 120 Å². The summed E-state index contributed by atoms with van der Waals surface area (Å²) in [5.41, 5.74) is 1.32. The molecule has 0 radical (unpaired) electrons. The quantitative estimate of drug-likeness (QED) is 0.521. The molecule has 4 heteroatoms. The minimum Gasteiger partial charge on any atom is -0.465 e. The van der Waals surface area contributed by atoms with Gasteiger partial charge in [0, 0.05) is 5.56 Å². The topological polar surface area (TPSA) is 67.2 Å². The summed E-state index contributed by atoms with van der Waals surface area (Å²) in [7, 11) is 1.30. The van der Waals surface area contributed by atoms with Crippen LogP contribution in [0.25, 0.3) is 0 Å². The van der Waals surface area contributed by atoms with E-state index in [0.29, 0.717) is 11.1 Å². The van der Waals surface area contributed by atoms with Crippen LogP contribution in [0.15, 0.2) is 18.2 Å². The molecule has 0 saturated carbocycles. The Morgan fingerprint density at radius 2 is 1.60 bits per heavy atom. The number of benzene rings is 1. The fourth-order valence-electron chi connectivity index (χ4n) is 1.52. The first-order valence-electron chi connectivity index (χ1n) is 6.58. The molecule has 1 N–H and O–H groups in total. The van der Waals surface area contributed by atoms with E-state index in [-0.39, 0.29) is 5.41 Å². The maximum Gasteiger partial charge on any atom is 0.337 e. The van der Waals surface area contributed by atoms with E-state index in [1.54, 1.807) is 12.1 Å².